The summed E-state index contributed by atoms with van der Waals surface area (Å²) in [5.41, 5.74) is 1.21. The fraction of sp³-hybridized carbons (Fsp3) is 0.600. The van der Waals surface area contributed by atoms with Crippen LogP contribution in [-0.2, 0) is 4.74 Å². The molecule has 0 aliphatic carbocycles. The first kappa shape index (κ1) is 15.0. The lowest BCUT2D eigenvalue weighted by molar-refractivity contribution is 0.0154. The molecule has 0 aliphatic heterocycles. The Morgan fingerprint density at radius 1 is 1.17 bits per heavy atom. The van der Waals surface area contributed by atoms with Gasteiger partial charge in [0.1, 0.15) is 5.75 Å². The number of hydrogen-bond donors (Lipinski definition) is 1. The number of nitrogens with one attached hydrogen (secondary N) is 1. The molecular formula is C15H25NO2. The molecule has 102 valence electrons. The molecule has 0 aliphatic rings. The van der Waals surface area contributed by atoms with Crippen molar-refractivity contribution < 1.29 is 9.47 Å². The fourth-order valence-corrected chi connectivity index (χ4v) is 1.70. The molecule has 0 saturated heterocycles. The molecule has 1 rings (SSSR count). The maximum Gasteiger partial charge on any atom is 0.118 e. The second-order valence-electron chi connectivity index (χ2n) is 5.16. The lowest BCUT2D eigenvalue weighted by Gasteiger charge is -2.24. The van der Waals surface area contributed by atoms with Crippen LogP contribution in [0.15, 0.2) is 24.3 Å². The van der Waals surface area contributed by atoms with Gasteiger partial charge in [0.2, 0.25) is 0 Å². The van der Waals surface area contributed by atoms with Gasteiger partial charge in [-0.15, -0.1) is 0 Å². The Bertz CT molecular complexity index is 346. The number of methoxy groups -OCH3 is 2. The number of hydrogen-bond acceptors (Lipinski definition) is 3. The third kappa shape index (κ3) is 4.67. The van der Waals surface area contributed by atoms with E-state index < -0.39 is 0 Å². The number of rotatable bonds is 7. The molecule has 0 fully saturated rings. The Hall–Kier alpha value is -1.06. The van der Waals surface area contributed by atoms with Gasteiger partial charge in [0.25, 0.3) is 0 Å². The Labute approximate surface area is 110 Å². The van der Waals surface area contributed by atoms with Crippen LogP contribution in [0.1, 0.15) is 38.8 Å². The van der Waals surface area contributed by atoms with Gasteiger partial charge in [0, 0.05) is 13.2 Å². The van der Waals surface area contributed by atoms with Crippen molar-refractivity contribution in [3.05, 3.63) is 29.8 Å². The minimum absolute atomic E-state index is 0.0629. The minimum Gasteiger partial charge on any atom is -0.497 e. The lowest BCUT2D eigenvalue weighted by atomic mass is 10.0. The fourth-order valence-electron chi connectivity index (χ4n) is 1.70. The normalized spacial score (nSPS) is 13.4. The van der Waals surface area contributed by atoms with Crippen LogP contribution in [0.3, 0.4) is 0 Å². The molecule has 1 aromatic rings. The largest absolute Gasteiger partial charge is 0.497 e. The highest BCUT2D eigenvalue weighted by Crippen LogP contribution is 2.18. The molecule has 0 saturated carbocycles. The van der Waals surface area contributed by atoms with Crippen LogP contribution >= 0.6 is 0 Å². The van der Waals surface area contributed by atoms with E-state index in [4.69, 9.17) is 9.47 Å². The summed E-state index contributed by atoms with van der Waals surface area (Å²) in [7, 11) is 3.44. The quantitative estimate of drug-likeness (QED) is 0.807. The van der Waals surface area contributed by atoms with Crippen LogP contribution < -0.4 is 10.1 Å². The smallest absolute Gasteiger partial charge is 0.118 e. The topological polar surface area (TPSA) is 30.5 Å². The predicted molar refractivity (Wildman–Crippen MR) is 75.1 cm³/mol. The maximum absolute atomic E-state index is 5.40. The highest BCUT2D eigenvalue weighted by Gasteiger charge is 2.16. The van der Waals surface area contributed by atoms with Crippen molar-refractivity contribution in [1.29, 1.82) is 0 Å². The molecule has 18 heavy (non-hydrogen) atoms. The first-order chi connectivity index (χ1) is 8.48. The van der Waals surface area contributed by atoms with Gasteiger partial charge in [-0.05, 0) is 51.4 Å². The summed E-state index contributed by atoms with van der Waals surface area (Å²) >= 11 is 0. The van der Waals surface area contributed by atoms with E-state index in [9.17, 15) is 0 Å². The van der Waals surface area contributed by atoms with Crippen molar-refractivity contribution in [2.45, 2.75) is 38.8 Å². The first-order valence-corrected chi connectivity index (χ1v) is 6.41. The van der Waals surface area contributed by atoms with Gasteiger partial charge in [-0.25, -0.2) is 0 Å². The SMILES string of the molecule is COc1ccc([C@H](C)NCCC(C)(C)OC)cc1. The van der Waals surface area contributed by atoms with E-state index >= 15 is 0 Å². The summed E-state index contributed by atoms with van der Waals surface area (Å²) in [5, 5.41) is 3.51. The molecule has 1 atom stereocenters. The summed E-state index contributed by atoms with van der Waals surface area (Å²) in [4.78, 5) is 0. The standard InChI is InChI=1S/C15H25NO2/c1-12(16-11-10-15(2,3)18-5)13-6-8-14(17-4)9-7-13/h6-9,12,16H,10-11H2,1-5H3/t12-/m0/s1. The summed E-state index contributed by atoms with van der Waals surface area (Å²) in [5.74, 6) is 0.895. The molecular weight excluding hydrogens is 226 g/mol. The second kappa shape index (κ2) is 6.76. The Balaban J connectivity index is 2.42. The van der Waals surface area contributed by atoms with Crippen LogP contribution in [0.25, 0.3) is 0 Å². The van der Waals surface area contributed by atoms with E-state index in [1.807, 2.05) is 12.1 Å². The van der Waals surface area contributed by atoms with Crippen LogP contribution in [0.4, 0.5) is 0 Å². The van der Waals surface area contributed by atoms with Gasteiger partial charge in [0.05, 0.1) is 12.7 Å². The monoisotopic (exact) mass is 251 g/mol. The van der Waals surface area contributed by atoms with Gasteiger partial charge in [-0.2, -0.15) is 0 Å². The van der Waals surface area contributed by atoms with Crippen molar-refractivity contribution in [2.24, 2.45) is 0 Å². The van der Waals surface area contributed by atoms with Crippen molar-refractivity contribution in [3.63, 3.8) is 0 Å². The molecule has 0 aromatic heterocycles. The summed E-state index contributed by atoms with van der Waals surface area (Å²) in [6.07, 6.45) is 0.990. The van der Waals surface area contributed by atoms with E-state index in [0.717, 1.165) is 18.7 Å². The molecule has 3 nitrogen and oxygen atoms in total. The molecule has 0 spiro atoms. The van der Waals surface area contributed by atoms with Gasteiger partial charge in [0.15, 0.2) is 0 Å². The molecule has 0 radical (unpaired) electrons. The van der Waals surface area contributed by atoms with E-state index in [2.05, 4.69) is 38.2 Å². The molecule has 1 aromatic carbocycles. The number of ether oxygens (including phenoxy) is 2. The van der Waals surface area contributed by atoms with Gasteiger partial charge in [-0.3, -0.25) is 0 Å². The molecule has 1 N–H and O–H groups in total. The number of benzene rings is 1. The third-order valence-electron chi connectivity index (χ3n) is 3.35. The molecule has 0 heterocycles. The van der Waals surface area contributed by atoms with Crippen LogP contribution in [0.5, 0.6) is 5.75 Å². The summed E-state index contributed by atoms with van der Waals surface area (Å²) in [6, 6.07) is 8.51. The van der Waals surface area contributed by atoms with Gasteiger partial charge >= 0.3 is 0 Å². The van der Waals surface area contributed by atoms with Gasteiger partial charge in [-0.1, -0.05) is 12.1 Å². The zero-order valence-corrected chi connectivity index (χ0v) is 12.1. The highest BCUT2D eigenvalue weighted by atomic mass is 16.5. The van der Waals surface area contributed by atoms with Crippen LogP contribution in [0, 0.1) is 0 Å². The first-order valence-electron chi connectivity index (χ1n) is 6.41. The zero-order chi connectivity index (χ0) is 13.6. The zero-order valence-electron chi connectivity index (χ0n) is 12.1. The minimum atomic E-state index is -0.0629. The van der Waals surface area contributed by atoms with E-state index in [1.165, 1.54) is 5.56 Å². The van der Waals surface area contributed by atoms with Crippen molar-refractivity contribution in [2.75, 3.05) is 20.8 Å². The Morgan fingerprint density at radius 3 is 2.28 bits per heavy atom. The second-order valence-corrected chi connectivity index (χ2v) is 5.16. The predicted octanol–water partition coefficient (Wildman–Crippen LogP) is 3.16. The average Bonchev–Trinajstić information content (AvgIpc) is 2.38. The molecule has 0 bridgehead atoms. The van der Waals surface area contributed by atoms with Crippen LogP contribution in [0.2, 0.25) is 0 Å². The van der Waals surface area contributed by atoms with Crippen molar-refractivity contribution in [1.82, 2.24) is 5.32 Å². The van der Waals surface area contributed by atoms with E-state index in [-0.39, 0.29) is 5.60 Å². The Kier molecular flexibility index (Phi) is 5.63. The lowest BCUT2D eigenvalue weighted by Crippen LogP contribution is -2.30. The molecule has 3 heteroatoms. The third-order valence-corrected chi connectivity index (χ3v) is 3.35. The van der Waals surface area contributed by atoms with Gasteiger partial charge < -0.3 is 14.8 Å². The average molecular weight is 251 g/mol. The van der Waals surface area contributed by atoms with E-state index in [0.29, 0.717) is 6.04 Å². The van der Waals surface area contributed by atoms with Crippen molar-refractivity contribution in [3.8, 4) is 5.75 Å². The summed E-state index contributed by atoms with van der Waals surface area (Å²) in [6.45, 7) is 7.31. The maximum atomic E-state index is 5.40. The van der Waals surface area contributed by atoms with Crippen molar-refractivity contribution >= 4 is 0 Å². The molecule has 0 amide bonds. The highest BCUT2D eigenvalue weighted by molar-refractivity contribution is 5.28. The summed E-state index contributed by atoms with van der Waals surface area (Å²) < 4.78 is 10.6. The van der Waals surface area contributed by atoms with Crippen LogP contribution in [-0.4, -0.2) is 26.4 Å². The van der Waals surface area contributed by atoms with E-state index in [1.54, 1.807) is 14.2 Å². The Morgan fingerprint density at radius 2 is 1.78 bits per heavy atom. The molecule has 0 unspecified atom stereocenters.